The van der Waals surface area contributed by atoms with E-state index in [1.54, 1.807) is 11.3 Å². The quantitative estimate of drug-likeness (QED) is 0.861. The summed E-state index contributed by atoms with van der Waals surface area (Å²) < 4.78 is 5.38. The van der Waals surface area contributed by atoms with Crippen molar-refractivity contribution >= 4 is 28.6 Å². The average molecular weight is 359 g/mol. The highest BCUT2D eigenvalue weighted by Gasteiger charge is 2.19. The molecule has 2 heterocycles. The zero-order chi connectivity index (χ0) is 17.6. The molecule has 6 heteroatoms. The van der Waals surface area contributed by atoms with Crippen molar-refractivity contribution < 1.29 is 9.53 Å². The lowest BCUT2D eigenvalue weighted by atomic mass is 10.2. The highest BCUT2D eigenvalue weighted by molar-refractivity contribution is 7.09. The molecule has 3 rings (SSSR count). The molecule has 2 aromatic rings. The van der Waals surface area contributed by atoms with Crippen molar-refractivity contribution in [3.63, 3.8) is 0 Å². The molecule has 134 valence electrons. The predicted molar refractivity (Wildman–Crippen MR) is 103 cm³/mol. The van der Waals surface area contributed by atoms with Crippen LogP contribution in [0.25, 0.3) is 0 Å². The molecule has 1 saturated heterocycles. The minimum Gasteiger partial charge on any atom is -0.378 e. The van der Waals surface area contributed by atoms with Gasteiger partial charge in [-0.3, -0.25) is 9.69 Å². The molecule has 0 aliphatic carbocycles. The van der Waals surface area contributed by atoms with E-state index >= 15 is 0 Å². The number of benzene rings is 1. The number of morpholine rings is 1. The molecule has 1 aliphatic rings. The Balaban J connectivity index is 1.54. The lowest BCUT2D eigenvalue weighted by Crippen LogP contribution is -2.39. The minimum atomic E-state index is -0.194. The van der Waals surface area contributed by atoms with Gasteiger partial charge in [-0.2, -0.15) is 0 Å². The number of hydrogen-bond donors (Lipinski definition) is 1. The molecule has 1 fully saturated rings. The normalized spacial score (nSPS) is 16.0. The Morgan fingerprint density at radius 2 is 2.00 bits per heavy atom. The minimum absolute atomic E-state index is 0.0122. The van der Waals surface area contributed by atoms with Crippen LogP contribution in [0.15, 0.2) is 41.8 Å². The monoisotopic (exact) mass is 359 g/mol. The first-order valence-electron chi connectivity index (χ1n) is 8.60. The Bertz CT molecular complexity index is 666. The van der Waals surface area contributed by atoms with Gasteiger partial charge in [0.05, 0.1) is 19.3 Å². The van der Waals surface area contributed by atoms with E-state index in [9.17, 15) is 4.79 Å². The number of nitrogens with one attached hydrogen (secondary N) is 1. The van der Waals surface area contributed by atoms with Gasteiger partial charge in [-0.25, -0.2) is 0 Å². The third-order valence-corrected chi connectivity index (χ3v) is 5.40. The SMILES string of the molecule is CC(C(=O)Nc1ccc(N2CCOCC2)cc1)N(C)Cc1cccs1. The number of amides is 1. The highest BCUT2D eigenvalue weighted by atomic mass is 32.1. The van der Waals surface area contributed by atoms with Crippen LogP contribution in [0.4, 0.5) is 11.4 Å². The van der Waals surface area contributed by atoms with Gasteiger partial charge in [-0.05, 0) is 49.7 Å². The van der Waals surface area contributed by atoms with Crippen LogP contribution >= 0.6 is 11.3 Å². The number of ether oxygens (including phenoxy) is 1. The maximum atomic E-state index is 12.5. The van der Waals surface area contributed by atoms with Gasteiger partial charge in [0.1, 0.15) is 0 Å². The second kappa shape index (κ2) is 8.47. The third kappa shape index (κ3) is 4.81. The number of likely N-dealkylation sites (N-methyl/N-ethyl adjacent to an activating group) is 1. The number of anilines is 2. The molecule has 25 heavy (non-hydrogen) atoms. The summed E-state index contributed by atoms with van der Waals surface area (Å²) in [5.74, 6) is 0.0122. The standard InChI is InChI=1S/C19H25N3O2S/c1-15(21(2)14-18-4-3-13-25-18)19(23)20-16-5-7-17(8-6-16)22-9-11-24-12-10-22/h3-8,13,15H,9-12,14H2,1-2H3,(H,20,23). The molecule has 0 spiro atoms. The number of carbonyl (C=O) groups is 1. The lowest BCUT2D eigenvalue weighted by Gasteiger charge is -2.29. The molecule has 1 N–H and O–H groups in total. The van der Waals surface area contributed by atoms with Crippen LogP contribution in [0, 0.1) is 0 Å². The van der Waals surface area contributed by atoms with E-state index in [2.05, 4.69) is 38.7 Å². The van der Waals surface area contributed by atoms with Crippen LogP contribution in [-0.2, 0) is 16.1 Å². The first-order chi connectivity index (χ1) is 12.1. The summed E-state index contributed by atoms with van der Waals surface area (Å²) in [6, 6.07) is 12.0. The van der Waals surface area contributed by atoms with Crippen molar-refractivity contribution in [2.75, 3.05) is 43.6 Å². The molecule has 5 nitrogen and oxygen atoms in total. The molecule has 1 aromatic carbocycles. The molecule has 1 atom stereocenters. The molecule has 0 radical (unpaired) electrons. The van der Waals surface area contributed by atoms with Crippen LogP contribution in [0.5, 0.6) is 0 Å². The number of nitrogens with zero attached hydrogens (tertiary/aromatic N) is 2. The molecule has 1 amide bonds. The van der Waals surface area contributed by atoms with Gasteiger partial charge in [-0.1, -0.05) is 6.07 Å². The zero-order valence-corrected chi connectivity index (χ0v) is 15.6. The fraction of sp³-hybridized carbons (Fsp3) is 0.421. The van der Waals surface area contributed by atoms with Crippen LogP contribution in [0.2, 0.25) is 0 Å². The van der Waals surface area contributed by atoms with Crippen molar-refractivity contribution in [1.82, 2.24) is 4.90 Å². The molecular weight excluding hydrogens is 334 g/mol. The van der Waals surface area contributed by atoms with E-state index in [0.29, 0.717) is 0 Å². The van der Waals surface area contributed by atoms with Crippen molar-refractivity contribution in [2.45, 2.75) is 19.5 Å². The molecule has 0 bridgehead atoms. The second-order valence-corrected chi connectivity index (χ2v) is 7.34. The molecule has 1 aromatic heterocycles. The van der Waals surface area contributed by atoms with E-state index in [1.807, 2.05) is 32.2 Å². The van der Waals surface area contributed by atoms with Gasteiger partial charge in [0.25, 0.3) is 0 Å². The zero-order valence-electron chi connectivity index (χ0n) is 14.8. The highest BCUT2D eigenvalue weighted by Crippen LogP contribution is 2.19. The van der Waals surface area contributed by atoms with E-state index < -0.39 is 0 Å². The number of hydrogen-bond acceptors (Lipinski definition) is 5. The van der Waals surface area contributed by atoms with Gasteiger partial charge in [0.2, 0.25) is 5.91 Å². The summed E-state index contributed by atoms with van der Waals surface area (Å²) in [4.78, 5) is 18.1. The number of rotatable bonds is 6. The Morgan fingerprint density at radius 1 is 1.28 bits per heavy atom. The maximum absolute atomic E-state index is 12.5. The molecule has 1 unspecified atom stereocenters. The van der Waals surface area contributed by atoms with Gasteiger partial charge >= 0.3 is 0 Å². The summed E-state index contributed by atoms with van der Waals surface area (Å²) >= 11 is 1.71. The summed E-state index contributed by atoms with van der Waals surface area (Å²) in [6.45, 7) is 6.08. The lowest BCUT2D eigenvalue weighted by molar-refractivity contribution is -0.120. The Hall–Kier alpha value is -1.89. The summed E-state index contributed by atoms with van der Waals surface area (Å²) in [5.41, 5.74) is 2.00. The summed E-state index contributed by atoms with van der Waals surface area (Å²) in [5, 5.41) is 5.07. The van der Waals surface area contributed by atoms with Crippen LogP contribution in [0.1, 0.15) is 11.8 Å². The van der Waals surface area contributed by atoms with E-state index in [1.165, 1.54) is 10.6 Å². The third-order valence-electron chi connectivity index (χ3n) is 4.54. The Kier molecular flexibility index (Phi) is 6.07. The van der Waals surface area contributed by atoms with E-state index in [-0.39, 0.29) is 11.9 Å². The van der Waals surface area contributed by atoms with Gasteiger partial charge in [-0.15, -0.1) is 11.3 Å². The van der Waals surface area contributed by atoms with E-state index in [0.717, 1.165) is 38.5 Å². The first-order valence-corrected chi connectivity index (χ1v) is 9.47. The van der Waals surface area contributed by atoms with Crippen LogP contribution in [-0.4, -0.2) is 50.2 Å². The smallest absolute Gasteiger partial charge is 0.241 e. The van der Waals surface area contributed by atoms with Crippen molar-refractivity contribution in [3.8, 4) is 0 Å². The van der Waals surface area contributed by atoms with Gasteiger partial charge in [0, 0.05) is 35.9 Å². The fourth-order valence-corrected chi connectivity index (χ4v) is 3.58. The first kappa shape index (κ1) is 17.9. The van der Waals surface area contributed by atoms with Crippen molar-refractivity contribution in [3.05, 3.63) is 46.7 Å². The molecule has 1 aliphatic heterocycles. The average Bonchev–Trinajstić information content (AvgIpc) is 3.15. The summed E-state index contributed by atoms with van der Waals surface area (Å²) in [7, 11) is 1.98. The van der Waals surface area contributed by atoms with Crippen LogP contribution in [0.3, 0.4) is 0 Å². The van der Waals surface area contributed by atoms with Crippen molar-refractivity contribution in [2.24, 2.45) is 0 Å². The topological polar surface area (TPSA) is 44.8 Å². The van der Waals surface area contributed by atoms with Gasteiger partial charge in [0.15, 0.2) is 0 Å². The largest absolute Gasteiger partial charge is 0.378 e. The fourth-order valence-electron chi connectivity index (χ4n) is 2.81. The second-order valence-electron chi connectivity index (χ2n) is 6.31. The van der Waals surface area contributed by atoms with E-state index in [4.69, 9.17) is 4.74 Å². The maximum Gasteiger partial charge on any atom is 0.241 e. The summed E-state index contributed by atoms with van der Waals surface area (Å²) in [6.07, 6.45) is 0. The number of carbonyl (C=O) groups excluding carboxylic acids is 1. The Morgan fingerprint density at radius 3 is 2.64 bits per heavy atom. The van der Waals surface area contributed by atoms with Crippen LogP contribution < -0.4 is 10.2 Å². The molecular formula is C19H25N3O2S. The predicted octanol–water partition coefficient (Wildman–Crippen LogP) is 3.04. The Labute approximate surface area is 153 Å². The van der Waals surface area contributed by atoms with Crippen molar-refractivity contribution in [1.29, 1.82) is 0 Å². The van der Waals surface area contributed by atoms with Gasteiger partial charge < -0.3 is 15.0 Å². The molecule has 0 saturated carbocycles. The number of thiophene rings is 1.